The lowest BCUT2D eigenvalue weighted by Crippen LogP contribution is -2.46. The summed E-state index contributed by atoms with van der Waals surface area (Å²) in [6, 6.07) is 0. The van der Waals surface area contributed by atoms with Gasteiger partial charge >= 0.3 is 0 Å². The largest absolute Gasteiger partial charge is 0.380 e. The third kappa shape index (κ3) is 2.93. The van der Waals surface area contributed by atoms with E-state index < -0.39 is 0 Å². The third-order valence-corrected chi connectivity index (χ3v) is 2.95. The van der Waals surface area contributed by atoms with Gasteiger partial charge in [0.1, 0.15) is 0 Å². The van der Waals surface area contributed by atoms with E-state index >= 15 is 0 Å². The molecule has 0 aromatic heterocycles. The van der Waals surface area contributed by atoms with Crippen LogP contribution in [-0.2, 0) is 4.74 Å². The number of nitrogens with zero attached hydrogens (tertiary/aromatic N) is 1. The zero-order valence-corrected chi connectivity index (χ0v) is 9.08. The lowest BCUT2D eigenvalue weighted by Gasteiger charge is -2.40. The SMILES string of the molecule is COC1CC(C(C)(C)C)CN(O)C1. The van der Waals surface area contributed by atoms with Crippen LogP contribution >= 0.6 is 0 Å². The second kappa shape index (κ2) is 3.95. The fourth-order valence-electron chi connectivity index (χ4n) is 1.83. The highest BCUT2D eigenvalue weighted by Gasteiger charge is 2.33. The van der Waals surface area contributed by atoms with Gasteiger partial charge in [0.15, 0.2) is 0 Å². The average molecular weight is 187 g/mol. The van der Waals surface area contributed by atoms with Crippen molar-refractivity contribution >= 4 is 0 Å². The molecule has 0 radical (unpaired) electrons. The van der Waals surface area contributed by atoms with Crippen molar-refractivity contribution < 1.29 is 9.94 Å². The van der Waals surface area contributed by atoms with E-state index in [4.69, 9.17) is 4.74 Å². The summed E-state index contributed by atoms with van der Waals surface area (Å²) in [5, 5.41) is 10.9. The van der Waals surface area contributed by atoms with E-state index in [9.17, 15) is 5.21 Å². The summed E-state index contributed by atoms with van der Waals surface area (Å²) in [5.41, 5.74) is 0.248. The first kappa shape index (κ1) is 11.0. The predicted octanol–water partition coefficient (Wildman–Crippen LogP) is 1.76. The molecule has 1 aliphatic heterocycles. The summed E-state index contributed by atoms with van der Waals surface area (Å²) in [5.74, 6) is 0.510. The van der Waals surface area contributed by atoms with Crippen LogP contribution in [0.4, 0.5) is 0 Å². The molecule has 0 bridgehead atoms. The van der Waals surface area contributed by atoms with Gasteiger partial charge in [-0.15, -0.1) is 0 Å². The maximum Gasteiger partial charge on any atom is 0.0724 e. The van der Waals surface area contributed by atoms with Crippen LogP contribution in [0.3, 0.4) is 0 Å². The third-order valence-electron chi connectivity index (χ3n) is 2.95. The van der Waals surface area contributed by atoms with Gasteiger partial charge in [0.2, 0.25) is 0 Å². The average Bonchev–Trinajstić information content (AvgIpc) is 2.01. The molecule has 1 aliphatic rings. The first-order chi connectivity index (χ1) is 5.93. The van der Waals surface area contributed by atoms with Gasteiger partial charge in [0.05, 0.1) is 12.6 Å². The number of rotatable bonds is 1. The monoisotopic (exact) mass is 187 g/mol. The quantitative estimate of drug-likeness (QED) is 0.679. The molecule has 13 heavy (non-hydrogen) atoms. The Kier molecular flexibility index (Phi) is 3.33. The van der Waals surface area contributed by atoms with Crippen molar-refractivity contribution in [2.75, 3.05) is 20.2 Å². The van der Waals surface area contributed by atoms with E-state index in [1.807, 2.05) is 0 Å². The predicted molar refractivity (Wildman–Crippen MR) is 51.7 cm³/mol. The zero-order valence-electron chi connectivity index (χ0n) is 9.08. The summed E-state index contributed by atoms with van der Waals surface area (Å²) in [4.78, 5) is 0. The van der Waals surface area contributed by atoms with Crippen LogP contribution in [0.1, 0.15) is 27.2 Å². The minimum Gasteiger partial charge on any atom is -0.380 e. The molecule has 3 nitrogen and oxygen atoms in total. The normalized spacial score (nSPS) is 32.1. The summed E-state index contributed by atoms with van der Waals surface area (Å²) in [6.07, 6.45) is 1.24. The van der Waals surface area contributed by atoms with Crippen molar-refractivity contribution in [2.45, 2.75) is 33.3 Å². The lowest BCUT2D eigenvalue weighted by molar-refractivity contribution is -0.164. The molecule has 0 saturated carbocycles. The molecule has 1 fully saturated rings. The van der Waals surface area contributed by atoms with E-state index in [-0.39, 0.29) is 11.5 Å². The molecule has 1 saturated heterocycles. The van der Waals surface area contributed by atoms with Crippen molar-refractivity contribution in [3.63, 3.8) is 0 Å². The van der Waals surface area contributed by atoms with Crippen molar-refractivity contribution in [2.24, 2.45) is 11.3 Å². The fourth-order valence-corrected chi connectivity index (χ4v) is 1.83. The van der Waals surface area contributed by atoms with Crippen molar-refractivity contribution in [3.8, 4) is 0 Å². The van der Waals surface area contributed by atoms with Crippen LogP contribution in [0.5, 0.6) is 0 Å². The number of piperidine rings is 1. The number of hydrogen-bond donors (Lipinski definition) is 1. The fraction of sp³-hybridized carbons (Fsp3) is 1.00. The van der Waals surface area contributed by atoms with Gasteiger partial charge < -0.3 is 9.94 Å². The summed E-state index contributed by atoms with van der Waals surface area (Å²) in [7, 11) is 1.71. The van der Waals surface area contributed by atoms with Crippen LogP contribution < -0.4 is 0 Å². The summed E-state index contributed by atoms with van der Waals surface area (Å²) in [6.45, 7) is 8.04. The molecule has 0 aliphatic carbocycles. The van der Waals surface area contributed by atoms with Crippen molar-refractivity contribution in [1.82, 2.24) is 5.06 Å². The Balaban J connectivity index is 2.57. The molecule has 0 aromatic rings. The standard InChI is InChI=1S/C10H21NO2/c1-10(2,3)8-5-9(13-4)7-11(12)6-8/h8-9,12H,5-7H2,1-4H3. The molecule has 2 unspecified atom stereocenters. The molecule has 78 valence electrons. The highest BCUT2D eigenvalue weighted by molar-refractivity contribution is 4.83. The van der Waals surface area contributed by atoms with Gasteiger partial charge in [-0.05, 0) is 17.8 Å². The topological polar surface area (TPSA) is 32.7 Å². The van der Waals surface area contributed by atoms with Gasteiger partial charge in [-0.1, -0.05) is 20.8 Å². The molecule has 2 atom stereocenters. The molecule has 1 rings (SSSR count). The molecule has 0 amide bonds. The number of hydroxylamine groups is 2. The van der Waals surface area contributed by atoms with Crippen LogP contribution in [0.2, 0.25) is 0 Å². The molecule has 0 aromatic carbocycles. The highest BCUT2D eigenvalue weighted by Crippen LogP contribution is 2.33. The Labute approximate surface area is 80.6 Å². The Morgan fingerprint density at radius 2 is 1.92 bits per heavy atom. The minimum atomic E-state index is 0.183. The maximum absolute atomic E-state index is 9.50. The van der Waals surface area contributed by atoms with Gasteiger partial charge in [-0.3, -0.25) is 0 Å². The minimum absolute atomic E-state index is 0.183. The second-order valence-electron chi connectivity index (χ2n) is 5.03. The molecular formula is C10H21NO2. The molecule has 1 N–H and O–H groups in total. The Morgan fingerprint density at radius 1 is 1.31 bits per heavy atom. The molecule has 1 heterocycles. The first-order valence-corrected chi connectivity index (χ1v) is 4.90. The zero-order chi connectivity index (χ0) is 10.1. The van der Waals surface area contributed by atoms with E-state index in [0.29, 0.717) is 12.5 Å². The van der Waals surface area contributed by atoms with Crippen molar-refractivity contribution in [3.05, 3.63) is 0 Å². The van der Waals surface area contributed by atoms with Crippen LogP contribution in [0, 0.1) is 11.3 Å². The summed E-state index contributed by atoms with van der Waals surface area (Å²) < 4.78 is 5.29. The Bertz CT molecular complexity index is 165. The van der Waals surface area contributed by atoms with Crippen LogP contribution in [0.25, 0.3) is 0 Å². The second-order valence-corrected chi connectivity index (χ2v) is 5.03. The smallest absolute Gasteiger partial charge is 0.0724 e. The Morgan fingerprint density at radius 3 is 2.38 bits per heavy atom. The number of ether oxygens (including phenoxy) is 1. The van der Waals surface area contributed by atoms with E-state index in [1.54, 1.807) is 7.11 Å². The van der Waals surface area contributed by atoms with Crippen LogP contribution in [-0.4, -0.2) is 36.6 Å². The molecule has 0 spiro atoms. The van der Waals surface area contributed by atoms with Gasteiger partial charge in [-0.2, -0.15) is 5.06 Å². The van der Waals surface area contributed by atoms with Gasteiger partial charge in [-0.25, -0.2) is 0 Å². The summed E-state index contributed by atoms with van der Waals surface area (Å²) >= 11 is 0. The number of methoxy groups -OCH3 is 1. The number of hydrogen-bond acceptors (Lipinski definition) is 3. The van der Waals surface area contributed by atoms with Crippen LogP contribution in [0.15, 0.2) is 0 Å². The van der Waals surface area contributed by atoms with E-state index in [2.05, 4.69) is 20.8 Å². The first-order valence-electron chi connectivity index (χ1n) is 4.90. The highest BCUT2D eigenvalue weighted by atomic mass is 16.5. The van der Waals surface area contributed by atoms with E-state index in [1.165, 1.54) is 5.06 Å². The molecule has 3 heteroatoms. The molecular weight excluding hydrogens is 166 g/mol. The maximum atomic E-state index is 9.50. The van der Waals surface area contributed by atoms with Gasteiger partial charge in [0.25, 0.3) is 0 Å². The van der Waals surface area contributed by atoms with Gasteiger partial charge in [0, 0.05) is 13.7 Å². The van der Waals surface area contributed by atoms with Crippen molar-refractivity contribution in [1.29, 1.82) is 0 Å². The van der Waals surface area contributed by atoms with E-state index in [0.717, 1.165) is 13.0 Å². The Hall–Kier alpha value is -0.120. The lowest BCUT2D eigenvalue weighted by atomic mass is 9.76.